The number of nitrogens with one attached hydrogen (secondary N) is 3. The van der Waals surface area contributed by atoms with Crippen molar-refractivity contribution in [1.82, 2.24) is 16.0 Å². The number of carboxylic acids is 1. The molecule has 17 heteroatoms. The van der Waals surface area contributed by atoms with Gasteiger partial charge in [0.2, 0.25) is 5.91 Å². The van der Waals surface area contributed by atoms with Crippen LogP contribution in [0.5, 0.6) is 0 Å². The number of aliphatic carboxylic acids is 1. The van der Waals surface area contributed by atoms with E-state index in [0.717, 1.165) is 13.5 Å². The van der Waals surface area contributed by atoms with Gasteiger partial charge in [0.25, 0.3) is 0 Å². The number of rotatable bonds is 15. The van der Waals surface area contributed by atoms with E-state index in [4.69, 9.17) is 28.4 Å². The van der Waals surface area contributed by atoms with E-state index in [-0.39, 0.29) is 25.2 Å². The molecule has 2 saturated heterocycles. The minimum absolute atomic E-state index is 0.00482. The first kappa shape index (κ1) is 35.7. The van der Waals surface area contributed by atoms with E-state index < -0.39 is 78.9 Å². The summed E-state index contributed by atoms with van der Waals surface area (Å²) in [5.74, 6) is -2.81. The first-order valence-electron chi connectivity index (χ1n) is 14.7. The minimum atomic E-state index is -1.73. The summed E-state index contributed by atoms with van der Waals surface area (Å²) in [6, 6.07) is -0.771. The zero-order chi connectivity index (χ0) is 32.4. The van der Waals surface area contributed by atoms with Gasteiger partial charge in [-0.15, -0.1) is 0 Å². The van der Waals surface area contributed by atoms with Gasteiger partial charge in [0.15, 0.2) is 12.4 Å². The van der Waals surface area contributed by atoms with Gasteiger partial charge in [0, 0.05) is 33.0 Å². The van der Waals surface area contributed by atoms with Crippen LogP contribution in [0.2, 0.25) is 0 Å². The molecule has 2 aliphatic heterocycles. The summed E-state index contributed by atoms with van der Waals surface area (Å²) in [6.07, 6.45) is -9.50. The average Bonchev–Trinajstić information content (AvgIpc) is 3.80. The van der Waals surface area contributed by atoms with Gasteiger partial charge in [-0.2, -0.15) is 0 Å². The zero-order valence-corrected chi connectivity index (χ0v) is 25.1. The third-order valence-electron chi connectivity index (χ3n) is 7.81. The molecule has 3 unspecified atom stereocenters. The van der Waals surface area contributed by atoms with Crippen LogP contribution >= 0.6 is 0 Å². The summed E-state index contributed by atoms with van der Waals surface area (Å²) >= 11 is 0. The van der Waals surface area contributed by atoms with Crippen LogP contribution in [-0.2, 0) is 38.0 Å². The number of methoxy groups -OCH3 is 1. The molecular weight excluding hydrogens is 590 g/mol. The highest BCUT2D eigenvalue weighted by Gasteiger charge is 2.52. The molecule has 3 fully saturated rings. The molecule has 0 aromatic heterocycles. The van der Waals surface area contributed by atoms with Crippen LogP contribution in [-0.4, -0.2) is 140 Å². The molecule has 7 N–H and O–H groups in total. The first-order chi connectivity index (χ1) is 20.9. The van der Waals surface area contributed by atoms with Gasteiger partial charge in [0.05, 0.1) is 25.4 Å². The third kappa shape index (κ3) is 10.4. The van der Waals surface area contributed by atoms with Gasteiger partial charge in [-0.05, 0) is 31.6 Å². The van der Waals surface area contributed by atoms with Crippen LogP contribution in [0.15, 0.2) is 0 Å². The number of carboxylic acid groups (broad SMARTS) is 1. The summed E-state index contributed by atoms with van der Waals surface area (Å²) in [5, 5.41) is 49.8. The summed E-state index contributed by atoms with van der Waals surface area (Å²) in [7, 11) is 1.16. The maximum atomic E-state index is 12.3. The summed E-state index contributed by atoms with van der Waals surface area (Å²) in [5.41, 5.74) is 0. The second-order valence-corrected chi connectivity index (χ2v) is 11.3. The van der Waals surface area contributed by atoms with Gasteiger partial charge in [-0.3, -0.25) is 4.79 Å². The SMILES string of the molecule is COC1[C@H](C(=O)O)O[C@H](O[C@@H]2C(O)[C@H](COC(=O)NCCCCCNC(=O)OCC3CO3)C[C@@H](C)[C@H]2NC(C)=O)[C@@H](O)[C@H]1O. The van der Waals surface area contributed by atoms with E-state index >= 15 is 0 Å². The van der Waals surface area contributed by atoms with E-state index in [1.54, 1.807) is 6.92 Å². The predicted molar refractivity (Wildman–Crippen MR) is 147 cm³/mol. The van der Waals surface area contributed by atoms with Crippen LogP contribution in [0.3, 0.4) is 0 Å². The van der Waals surface area contributed by atoms with Crippen molar-refractivity contribution in [3.8, 4) is 0 Å². The molecule has 3 rings (SSSR count). The number of alkyl carbamates (subject to hydrolysis) is 2. The Morgan fingerprint density at radius 2 is 1.50 bits per heavy atom. The van der Waals surface area contributed by atoms with Crippen molar-refractivity contribution in [1.29, 1.82) is 0 Å². The number of ether oxygens (including phenoxy) is 6. The Labute approximate surface area is 254 Å². The monoisotopic (exact) mass is 635 g/mol. The number of aliphatic hydroxyl groups is 3. The molecular formula is C27H45N3O14. The Morgan fingerprint density at radius 1 is 0.886 bits per heavy atom. The molecule has 0 aromatic carbocycles. The van der Waals surface area contributed by atoms with Crippen LogP contribution in [0.4, 0.5) is 9.59 Å². The Balaban J connectivity index is 1.47. The molecule has 17 nitrogen and oxygen atoms in total. The predicted octanol–water partition coefficient (Wildman–Crippen LogP) is -1.54. The van der Waals surface area contributed by atoms with Crippen LogP contribution in [0.25, 0.3) is 0 Å². The van der Waals surface area contributed by atoms with Gasteiger partial charge < -0.3 is 64.8 Å². The highest BCUT2D eigenvalue weighted by Crippen LogP contribution is 2.35. The molecule has 1 saturated carbocycles. The number of carbonyl (C=O) groups is 4. The smallest absolute Gasteiger partial charge is 0.407 e. The van der Waals surface area contributed by atoms with E-state index in [1.807, 2.05) is 0 Å². The fraction of sp³-hybridized carbons (Fsp3) is 0.852. The number of hydrogen-bond acceptors (Lipinski definition) is 13. The highest BCUT2D eigenvalue weighted by molar-refractivity contribution is 5.74. The molecule has 0 radical (unpaired) electrons. The molecule has 0 bridgehead atoms. The largest absolute Gasteiger partial charge is 0.479 e. The highest BCUT2D eigenvalue weighted by atomic mass is 16.7. The van der Waals surface area contributed by atoms with Gasteiger partial charge in [-0.1, -0.05) is 6.92 Å². The maximum absolute atomic E-state index is 12.3. The topological polar surface area (TPSA) is 244 Å². The second kappa shape index (κ2) is 17.0. The maximum Gasteiger partial charge on any atom is 0.407 e. The number of aliphatic hydroxyl groups excluding tert-OH is 3. The van der Waals surface area contributed by atoms with Gasteiger partial charge >= 0.3 is 18.2 Å². The lowest BCUT2D eigenvalue weighted by Gasteiger charge is -2.47. The Hall–Kier alpha value is -2.80. The normalized spacial score (nSPS) is 34.8. The van der Waals surface area contributed by atoms with Crippen molar-refractivity contribution in [2.45, 2.75) is 94.6 Å². The molecule has 3 aliphatic rings. The molecule has 11 atom stereocenters. The summed E-state index contributed by atoms with van der Waals surface area (Å²) in [4.78, 5) is 47.5. The van der Waals surface area contributed by atoms with Crippen LogP contribution < -0.4 is 16.0 Å². The minimum Gasteiger partial charge on any atom is -0.479 e. The quantitative estimate of drug-likeness (QED) is 0.0797. The van der Waals surface area contributed by atoms with Crippen molar-refractivity contribution in [3.63, 3.8) is 0 Å². The van der Waals surface area contributed by atoms with Crippen molar-refractivity contribution >= 4 is 24.1 Å². The third-order valence-corrected chi connectivity index (χ3v) is 7.81. The lowest BCUT2D eigenvalue weighted by atomic mass is 9.75. The second-order valence-electron chi connectivity index (χ2n) is 11.3. The number of epoxide rings is 1. The average molecular weight is 636 g/mol. The van der Waals surface area contributed by atoms with Gasteiger partial charge in [-0.25, -0.2) is 14.4 Å². The fourth-order valence-electron chi connectivity index (χ4n) is 5.35. The van der Waals surface area contributed by atoms with E-state index in [1.165, 1.54) is 6.92 Å². The number of hydrogen-bond donors (Lipinski definition) is 7. The van der Waals surface area contributed by atoms with Crippen molar-refractivity contribution in [3.05, 3.63) is 0 Å². The zero-order valence-electron chi connectivity index (χ0n) is 25.1. The summed E-state index contributed by atoms with van der Waals surface area (Å²) < 4.78 is 31.5. The molecule has 2 heterocycles. The van der Waals surface area contributed by atoms with Crippen molar-refractivity contribution in [2.75, 3.05) is 40.0 Å². The number of amides is 3. The number of unbranched alkanes of at least 4 members (excludes halogenated alkanes) is 2. The summed E-state index contributed by atoms with van der Waals surface area (Å²) in [6.45, 7) is 4.49. The Kier molecular flexibility index (Phi) is 13.8. The van der Waals surface area contributed by atoms with E-state index in [9.17, 15) is 39.6 Å². The van der Waals surface area contributed by atoms with E-state index in [0.29, 0.717) is 39.0 Å². The molecule has 1 aliphatic carbocycles. The standard InChI is InChI=1S/C27H45N3O14/c1-13-9-15(10-41-26(37)28-7-5-4-6-8-29-27(38)42-12-16-11-40-16)18(32)21(17(13)30-14(2)31)43-25-20(34)19(33)22(39-3)23(44-25)24(35)36/h13,15-23,25,32-34H,4-12H2,1-3H3,(H,28,37)(H,29,38)(H,30,31)(H,35,36)/t13-,15+,16?,17-,18?,19-,20+,21+,22?,23-,25+/m1/s1. The first-order valence-corrected chi connectivity index (χ1v) is 14.7. The molecule has 44 heavy (non-hydrogen) atoms. The lowest BCUT2D eigenvalue weighted by molar-refractivity contribution is -0.320. The van der Waals surface area contributed by atoms with Crippen molar-refractivity contribution in [2.24, 2.45) is 11.8 Å². The Bertz CT molecular complexity index is 968. The van der Waals surface area contributed by atoms with Crippen molar-refractivity contribution < 1.29 is 68.0 Å². The van der Waals surface area contributed by atoms with Gasteiger partial charge in [0.1, 0.15) is 37.1 Å². The lowest BCUT2D eigenvalue weighted by Crippen LogP contribution is -2.65. The molecule has 0 aromatic rings. The van der Waals surface area contributed by atoms with E-state index in [2.05, 4.69) is 16.0 Å². The molecule has 3 amide bonds. The molecule has 0 spiro atoms. The molecule has 252 valence electrons. The Morgan fingerprint density at radius 3 is 2.05 bits per heavy atom. The van der Waals surface area contributed by atoms with Crippen LogP contribution in [0.1, 0.15) is 39.5 Å². The fourth-order valence-corrected chi connectivity index (χ4v) is 5.35. The van der Waals surface area contributed by atoms with Crippen LogP contribution in [0, 0.1) is 11.8 Å². The number of carbonyl (C=O) groups excluding carboxylic acids is 3.